The van der Waals surface area contributed by atoms with E-state index in [1.807, 2.05) is 0 Å². The Morgan fingerprint density at radius 1 is 1.12 bits per heavy atom. The maximum atomic E-state index is 12.2. The van der Waals surface area contributed by atoms with Crippen molar-refractivity contribution in [1.82, 2.24) is 0 Å². The number of nitro benzene ring substituents is 1. The minimum absolute atomic E-state index is 0.191. The highest BCUT2D eigenvalue weighted by atomic mass is 16.6. The number of ketones is 1. The van der Waals surface area contributed by atoms with Crippen LogP contribution in [-0.2, 0) is 0 Å². The number of carbonyl (C=O) groups is 1. The first-order chi connectivity index (χ1) is 11.9. The van der Waals surface area contributed by atoms with Gasteiger partial charge in [-0.1, -0.05) is 6.08 Å². The van der Waals surface area contributed by atoms with Crippen LogP contribution < -0.4 is 9.47 Å². The van der Waals surface area contributed by atoms with Crippen molar-refractivity contribution in [2.24, 2.45) is 0 Å². The highest BCUT2D eigenvalue weighted by Gasteiger charge is 2.18. The third-order valence-corrected chi connectivity index (χ3v) is 3.38. The van der Waals surface area contributed by atoms with Gasteiger partial charge in [-0.3, -0.25) is 14.9 Å². The van der Waals surface area contributed by atoms with Crippen molar-refractivity contribution in [3.63, 3.8) is 0 Å². The highest BCUT2D eigenvalue weighted by molar-refractivity contribution is 6.07. The molecule has 0 spiro atoms. The molecule has 0 saturated carbocycles. The smallest absolute Gasteiger partial charge is 0.315 e. The van der Waals surface area contributed by atoms with Crippen LogP contribution in [0.1, 0.15) is 15.9 Å². The SMILES string of the molecule is COc1ccc(C(=O)/C=C/c2cc(O)c(O)c([N+](=O)[O-])c2)cc1OC. The molecule has 0 fully saturated rings. The summed E-state index contributed by atoms with van der Waals surface area (Å²) >= 11 is 0. The molecule has 0 amide bonds. The third kappa shape index (κ3) is 3.86. The Balaban J connectivity index is 2.30. The van der Waals surface area contributed by atoms with Gasteiger partial charge in [0.15, 0.2) is 23.0 Å². The fourth-order valence-electron chi connectivity index (χ4n) is 2.12. The normalized spacial score (nSPS) is 10.6. The molecule has 0 radical (unpaired) electrons. The highest BCUT2D eigenvalue weighted by Crippen LogP contribution is 2.36. The Morgan fingerprint density at radius 3 is 2.40 bits per heavy atom. The van der Waals surface area contributed by atoms with E-state index in [0.29, 0.717) is 17.1 Å². The third-order valence-electron chi connectivity index (χ3n) is 3.38. The number of nitro groups is 1. The predicted molar refractivity (Wildman–Crippen MR) is 89.3 cm³/mol. The van der Waals surface area contributed by atoms with Gasteiger partial charge in [0.1, 0.15) is 0 Å². The molecule has 0 aliphatic heterocycles. The molecule has 0 bridgehead atoms. The lowest BCUT2D eigenvalue weighted by atomic mass is 10.1. The van der Waals surface area contributed by atoms with Crippen LogP contribution in [0.4, 0.5) is 5.69 Å². The Labute approximate surface area is 142 Å². The van der Waals surface area contributed by atoms with Crippen molar-refractivity contribution in [2.45, 2.75) is 0 Å². The fourth-order valence-corrected chi connectivity index (χ4v) is 2.12. The number of nitrogens with zero attached hydrogens (tertiary/aromatic N) is 1. The summed E-state index contributed by atoms with van der Waals surface area (Å²) in [7, 11) is 2.92. The van der Waals surface area contributed by atoms with E-state index >= 15 is 0 Å². The lowest BCUT2D eigenvalue weighted by Gasteiger charge is -2.08. The van der Waals surface area contributed by atoms with Gasteiger partial charge < -0.3 is 19.7 Å². The molecule has 0 aliphatic carbocycles. The lowest BCUT2D eigenvalue weighted by molar-refractivity contribution is -0.386. The van der Waals surface area contributed by atoms with Crippen LogP contribution in [0.25, 0.3) is 6.08 Å². The van der Waals surface area contributed by atoms with E-state index in [0.717, 1.165) is 12.1 Å². The molecule has 25 heavy (non-hydrogen) atoms. The first-order valence-electron chi connectivity index (χ1n) is 7.02. The summed E-state index contributed by atoms with van der Waals surface area (Å²) in [6.07, 6.45) is 2.49. The van der Waals surface area contributed by atoms with Crippen molar-refractivity contribution in [3.05, 3.63) is 57.6 Å². The van der Waals surface area contributed by atoms with Gasteiger partial charge in [0.05, 0.1) is 19.1 Å². The molecule has 2 rings (SSSR count). The van der Waals surface area contributed by atoms with Gasteiger partial charge in [0.25, 0.3) is 0 Å². The minimum atomic E-state index is -0.831. The van der Waals surface area contributed by atoms with Crippen LogP contribution in [0.3, 0.4) is 0 Å². The number of hydrogen-bond acceptors (Lipinski definition) is 7. The summed E-state index contributed by atoms with van der Waals surface area (Å²) in [5.41, 5.74) is -0.138. The van der Waals surface area contributed by atoms with Crippen molar-refractivity contribution in [2.75, 3.05) is 14.2 Å². The summed E-state index contributed by atoms with van der Waals surface area (Å²) < 4.78 is 10.2. The van der Waals surface area contributed by atoms with E-state index < -0.39 is 22.1 Å². The number of hydrogen-bond donors (Lipinski definition) is 2. The largest absolute Gasteiger partial charge is 0.504 e. The molecule has 0 atom stereocenters. The van der Waals surface area contributed by atoms with Crippen LogP contribution in [0, 0.1) is 10.1 Å². The molecule has 0 aromatic heterocycles. The molecule has 2 N–H and O–H groups in total. The molecule has 130 valence electrons. The van der Waals surface area contributed by atoms with Crippen LogP contribution in [-0.4, -0.2) is 35.1 Å². The Morgan fingerprint density at radius 2 is 1.80 bits per heavy atom. The summed E-state index contributed by atoms with van der Waals surface area (Å²) in [6, 6.07) is 6.79. The maximum absolute atomic E-state index is 12.2. The van der Waals surface area contributed by atoms with Gasteiger partial charge in [-0.25, -0.2) is 0 Å². The second-order valence-corrected chi connectivity index (χ2v) is 4.93. The number of phenols is 2. The molecular formula is C17H15NO7. The lowest BCUT2D eigenvalue weighted by Crippen LogP contribution is -1.97. The summed E-state index contributed by atoms with van der Waals surface area (Å²) in [6.45, 7) is 0. The summed E-state index contributed by atoms with van der Waals surface area (Å²) in [4.78, 5) is 22.2. The van der Waals surface area contributed by atoms with Gasteiger partial charge in [-0.05, 0) is 35.9 Å². The topological polar surface area (TPSA) is 119 Å². The summed E-state index contributed by atoms with van der Waals surface area (Å²) in [5.74, 6) is -0.987. The van der Waals surface area contributed by atoms with Gasteiger partial charge >= 0.3 is 5.69 Å². The molecular weight excluding hydrogens is 330 g/mol. The standard InChI is InChI=1S/C17H15NO7/c1-24-15-6-4-11(9-16(15)25-2)13(19)5-3-10-7-12(18(22)23)17(21)14(20)8-10/h3-9,20-21H,1-2H3/b5-3+. The average molecular weight is 345 g/mol. The molecule has 2 aromatic rings. The number of benzene rings is 2. The first kappa shape index (κ1) is 17.8. The predicted octanol–water partition coefficient (Wildman–Crippen LogP) is 2.92. The molecule has 8 nitrogen and oxygen atoms in total. The van der Waals surface area contributed by atoms with Gasteiger partial charge in [-0.15, -0.1) is 0 Å². The van der Waals surface area contributed by atoms with Gasteiger partial charge in [-0.2, -0.15) is 0 Å². The molecule has 0 unspecified atom stereocenters. The molecule has 0 saturated heterocycles. The number of carbonyl (C=O) groups excluding carboxylic acids is 1. The Kier molecular flexibility index (Phi) is 5.23. The zero-order valence-corrected chi connectivity index (χ0v) is 13.4. The van der Waals surface area contributed by atoms with Crippen molar-refractivity contribution < 1.29 is 29.4 Å². The number of phenolic OH excluding ortho intramolecular Hbond substituents is 2. The Bertz CT molecular complexity index is 858. The van der Waals surface area contributed by atoms with Crippen LogP contribution in [0.5, 0.6) is 23.0 Å². The van der Waals surface area contributed by atoms with Gasteiger partial charge in [0, 0.05) is 11.6 Å². The van der Waals surface area contributed by atoms with E-state index in [2.05, 4.69) is 0 Å². The van der Waals surface area contributed by atoms with E-state index in [4.69, 9.17) is 9.47 Å². The van der Waals surface area contributed by atoms with Crippen molar-refractivity contribution in [1.29, 1.82) is 0 Å². The number of allylic oxidation sites excluding steroid dienone is 1. The second-order valence-electron chi connectivity index (χ2n) is 4.93. The number of methoxy groups -OCH3 is 2. The summed E-state index contributed by atoms with van der Waals surface area (Å²) in [5, 5.41) is 29.8. The van der Waals surface area contributed by atoms with E-state index in [9.17, 15) is 25.1 Å². The first-order valence-corrected chi connectivity index (χ1v) is 7.02. The monoisotopic (exact) mass is 345 g/mol. The van der Waals surface area contributed by atoms with Crippen LogP contribution in [0.2, 0.25) is 0 Å². The number of rotatable bonds is 6. The second kappa shape index (κ2) is 7.35. The van der Waals surface area contributed by atoms with Gasteiger partial charge in [0.2, 0.25) is 5.75 Å². The van der Waals surface area contributed by atoms with E-state index in [1.54, 1.807) is 12.1 Å². The van der Waals surface area contributed by atoms with Crippen molar-refractivity contribution in [3.8, 4) is 23.0 Å². The maximum Gasteiger partial charge on any atom is 0.315 e. The molecule has 0 aliphatic rings. The van der Waals surface area contributed by atoms with E-state index in [-0.39, 0.29) is 11.3 Å². The van der Waals surface area contributed by atoms with Crippen molar-refractivity contribution >= 4 is 17.5 Å². The Hall–Kier alpha value is -3.55. The van der Waals surface area contributed by atoms with Crippen LogP contribution in [0.15, 0.2) is 36.4 Å². The number of aromatic hydroxyl groups is 2. The quantitative estimate of drug-likeness (QED) is 0.271. The van der Waals surface area contributed by atoms with E-state index in [1.165, 1.54) is 32.4 Å². The molecule has 8 heteroatoms. The van der Waals surface area contributed by atoms with Crippen LogP contribution >= 0.6 is 0 Å². The number of ether oxygens (including phenoxy) is 2. The molecule has 2 aromatic carbocycles. The zero-order valence-electron chi connectivity index (χ0n) is 13.4. The minimum Gasteiger partial charge on any atom is -0.504 e. The fraction of sp³-hybridized carbons (Fsp3) is 0.118. The average Bonchev–Trinajstić information content (AvgIpc) is 2.61. The molecule has 0 heterocycles. The zero-order chi connectivity index (χ0) is 18.6.